The quantitative estimate of drug-likeness (QED) is 0.439. The van der Waals surface area contributed by atoms with Gasteiger partial charge in [0.15, 0.2) is 0 Å². The molecule has 5 nitrogen and oxygen atoms in total. The largest absolute Gasteiger partial charge is 0.481 e. The van der Waals surface area contributed by atoms with Crippen LogP contribution < -0.4 is 0 Å². The Morgan fingerprint density at radius 3 is 2.39 bits per heavy atom. The summed E-state index contributed by atoms with van der Waals surface area (Å²) < 4.78 is 4.91. The monoisotopic (exact) mass is 260 g/mol. The van der Waals surface area contributed by atoms with Crippen molar-refractivity contribution in [3.63, 3.8) is 0 Å². The number of carboxylic acids is 1. The zero-order chi connectivity index (χ0) is 13.8. The normalized spacial score (nSPS) is 12.1. The molecule has 1 unspecified atom stereocenters. The van der Waals surface area contributed by atoms with E-state index in [1.54, 1.807) is 0 Å². The molecule has 0 spiro atoms. The van der Waals surface area contributed by atoms with Crippen LogP contribution in [0.5, 0.6) is 0 Å². The Kier molecular flexibility index (Phi) is 10.3. The van der Waals surface area contributed by atoms with Gasteiger partial charge in [-0.15, -0.1) is 0 Å². The smallest absolute Gasteiger partial charge is 0.305 e. The molecular formula is C13H24O5. The topological polar surface area (TPSA) is 83.8 Å². The van der Waals surface area contributed by atoms with Gasteiger partial charge in [-0.05, 0) is 19.3 Å². The van der Waals surface area contributed by atoms with E-state index in [4.69, 9.17) is 9.84 Å². The number of rotatable bonds is 11. The van der Waals surface area contributed by atoms with Gasteiger partial charge in [0.25, 0.3) is 0 Å². The van der Waals surface area contributed by atoms with E-state index in [0.717, 1.165) is 19.3 Å². The van der Waals surface area contributed by atoms with Crippen LogP contribution in [0, 0.1) is 0 Å². The number of ether oxygens (including phenoxy) is 1. The van der Waals surface area contributed by atoms with Crippen molar-refractivity contribution in [3.8, 4) is 0 Å². The van der Waals surface area contributed by atoms with Gasteiger partial charge in [0, 0.05) is 12.8 Å². The van der Waals surface area contributed by atoms with Crippen LogP contribution in [0.3, 0.4) is 0 Å². The molecule has 0 aromatic rings. The first-order chi connectivity index (χ1) is 8.56. The molecule has 0 amide bonds. The highest BCUT2D eigenvalue weighted by Gasteiger charge is 2.08. The molecule has 0 radical (unpaired) electrons. The Hall–Kier alpha value is -1.10. The van der Waals surface area contributed by atoms with Gasteiger partial charge in [0.1, 0.15) is 6.61 Å². The highest BCUT2D eigenvalue weighted by Crippen LogP contribution is 2.05. The summed E-state index contributed by atoms with van der Waals surface area (Å²) >= 11 is 0. The molecule has 2 N–H and O–H groups in total. The summed E-state index contributed by atoms with van der Waals surface area (Å²) in [6.45, 7) is 2.13. The van der Waals surface area contributed by atoms with Crippen molar-refractivity contribution in [3.05, 3.63) is 0 Å². The van der Waals surface area contributed by atoms with Crippen LogP contribution in [-0.4, -0.2) is 34.9 Å². The van der Waals surface area contributed by atoms with Crippen molar-refractivity contribution < 1.29 is 24.5 Å². The zero-order valence-electron chi connectivity index (χ0n) is 11.1. The maximum Gasteiger partial charge on any atom is 0.305 e. The molecule has 1 atom stereocenters. The molecule has 0 saturated heterocycles. The fraction of sp³-hybridized carbons (Fsp3) is 0.846. The molecule has 0 heterocycles. The molecule has 0 aliphatic heterocycles. The molecule has 5 heteroatoms. The summed E-state index contributed by atoms with van der Waals surface area (Å²) in [5, 5.41) is 17.9. The van der Waals surface area contributed by atoms with E-state index < -0.39 is 12.1 Å². The number of carboxylic acid groups (broad SMARTS) is 1. The van der Waals surface area contributed by atoms with Gasteiger partial charge in [-0.25, -0.2) is 0 Å². The SMILES string of the molecule is CCCCCC(O)COC(=O)CCCCC(=O)O. The van der Waals surface area contributed by atoms with E-state index in [0.29, 0.717) is 19.3 Å². The van der Waals surface area contributed by atoms with Gasteiger partial charge < -0.3 is 14.9 Å². The second kappa shape index (κ2) is 11.0. The van der Waals surface area contributed by atoms with Gasteiger partial charge in [-0.3, -0.25) is 9.59 Å². The molecule has 0 aromatic heterocycles. The average molecular weight is 260 g/mol. The minimum absolute atomic E-state index is 0.0431. The van der Waals surface area contributed by atoms with Gasteiger partial charge in [0.2, 0.25) is 0 Å². The van der Waals surface area contributed by atoms with Crippen molar-refractivity contribution >= 4 is 11.9 Å². The number of hydrogen-bond acceptors (Lipinski definition) is 4. The van der Waals surface area contributed by atoms with Gasteiger partial charge >= 0.3 is 11.9 Å². The first kappa shape index (κ1) is 16.9. The van der Waals surface area contributed by atoms with Crippen LogP contribution in [0.15, 0.2) is 0 Å². The lowest BCUT2D eigenvalue weighted by molar-refractivity contribution is -0.147. The number of aliphatic carboxylic acids is 1. The predicted molar refractivity (Wildman–Crippen MR) is 67.2 cm³/mol. The summed E-state index contributed by atoms with van der Waals surface area (Å²) in [6, 6.07) is 0. The first-order valence-corrected chi connectivity index (χ1v) is 6.61. The second-order valence-electron chi connectivity index (χ2n) is 4.43. The predicted octanol–water partition coefficient (Wildman–Crippen LogP) is 2.12. The Labute approximate surface area is 108 Å². The fourth-order valence-corrected chi connectivity index (χ4v) is 1.52. The number of carbonyl (C=O) groups excluding carboxylic acids is 1. The lowest BCUT2D eigenvalue weighted by Gasteiger charge is -2.10. The Bertz CT molecular complexity index is 240. The highest BCUT2D eigenvalue weighted by molar-refractivity contribution is 5.69. The molecular weight excluding hydrogens is 236 g/mol. The number of aliphatic hydroxyl groups is 1. The van der Waals surface area contributed by atoms with Crippen molar-refractivity contribution in [2.45, 2.75) is 64.4 Å². The maximum atomic E-state index is 11.2. The second-order valence-corrected chi connectivity index (χ2v) is 4.43. The maximum absolute atomic E-state index is 11.2. The molecule has 0 bridgehead atoms. The van der Waals surface area contributed by atoms with E-state index in [2.05, 4.69) is 6.92 Å². The molecule has 0 rings (SSSR count). The molecule has 0 aromatic carbocycles. The third-order valence-corrected chi connectivity index (χ3v) is 2.60. The Morgan fingerprint density at radius 1 is 1.11 bits per heavy atom. The van der Waals surface area contributed by atoms with Crippen molar-refractivity contribution in [2.24, 2.45) is 0 Å². The van der Waals surface area contributed by atoms with Crippen LogP contribution >= 0.6 is 0 Å². The van der Waals surface area contributed by atoms with E-state index in [1.165, 1.54) is 0 Å². The summed E-state index contributed by atoms with van der Waals surface area (Å²) in [5.74, 6) is -1.22. The fourth-order valence-electron chi connectivity index (χ4n) is 1.52. The number of carbonyl (C=O) groups is 2. The first-order valence-electron chi connectivity index (χ1n) is 6.61. The van der Waals surface area contributed by atoms with Crippen LogP contribution in [0.25, 0.3) is 0 Å². The number of aliphatic hydroxyl groups excluding tert-OH is 1. The van der Waals surface area contributed by atoms with E-state index in [1.807, 2.05) is 0 Å². The van der Waals surface area contributed by atoms with Crippen LogP contribution in [0.1, 0.15) is 58.3 Å². The van der Waals surface area contributed by atoms with Crippen molar-refractivity contribution in [1.29, 1.82) is 0 Å². The molecule has 18 heavy (non-hydrogen) atoms. The third kappa shape index (κ3) is 11.4. The third-order valence-electron chi connectivity index (χ3n) is 2.60. The van der Waals surface area contributed by atoms with E-state index >= 15 is 0 Å². The van der Waals surface area contributed by atoms with Gasteiger partial charge in [0.05, 0.1) is 6.10 Å². The van der Waals surface area contributed by atoms with Crippen LogP contribution in [0.4, 0.5) is 0 Å². The molecule has 0 saturated carbocycles. The highest BCUT2D eigenvalue weighted by atomic mass is 16.5. The zero-order valence-corrected chi connectivity index (χ0v) is 11.1. The molecule has 0 aliphatic rings. The van der Waals surface area contributed by atoms with E-state index in [9.17, 15) is 14.7 Å². The Morgan fingerprint density at radius 2 is 1.78 bits per heavy atom. The summed E-state index contributed by atoms with van der Waals surface area (Å²) in [4.78, 5) is 21.5. The van der Waals surface area contributed by atoms with Gasteiger partial charge in [-0.2, -0.15) is 0 Å². The summed E-state index contributed by atoms with van der Waals surface area (Å²) in [6.07, 6.45) is 4.45. The van der Waals surface area contributed by atoms with Crippen molar-refractivity contribution in [1.82, 2.24) is 0 Å². The number of unbranched alkanes of at least 4 members (excludes halogenated alkanes) is 3. The van der Waals surface area contributed by atoms with Crippen LogP contribution in [-0.2, 0) is 14.3 Å². The summed E-state index contributed by atoms with van der Waals surface area (Å²) in [5.41, 5.74) is 0. The Balaban J connectivity index is 3.43. The van der Waals surface area contributed by atoms with E-state index in [-0.39, 0.29) is 25.4 Å². The van der Waals surface area contributed by atoms with Crippen LogP contribution in [0.2, 0.25) is 0 Å². The average Bonchev–Trinajstić information content (AvgIpc) is 2.32. The molecule has 0 aliphatic carbocycles. The van der Waals surface area contributed by atoms with Gasteiger partial charge in [-0.1, -0.05) is 26.2 Å². The minimum Gasteiger partial charge on any atom is -0.481 e. The summed E-state index contributed by atoms with van der Waals surface area (Å²) in [7, 11) is 0. The lowest BCUT2D eigenvalue weighted by atomic mass is 10.1. The number of hydrogen-bond donors (Lipinski definition) is 2. The van der Waals surface area contributed by atoms with Crippen molar-refractivity contribution in [2.75, 3.05) is 6.61 Å². The lowest BCUT2D eigenvalue weighted by Crippen LogP contribution is -2.18. The number of esters is 1. The molecule has 106 valence electrons. The minimum atomic E-state index is -0.852. The standard InChI is InChI=1S/C13H24O5/c1-2-3-4-7-11(14)10-18-13(17)9-6-5-8-12(15)16/h11,14H,2-10H2,1H3,(H,15,16). The molecule has 0 fully saturated rings.